The van der Waals surface area contributed by atoms with E-state index in [2.05, 4.69) is 10.9 Å². The number of hydrogen-bond acceptors (Lipinski definition) is 6. The van der Waals surface area contributed by atoms with E-state index in [-0.39, 0.29) is 11.1 Å². The molecule has 10 heteroatoms. The summed E-state index contributed by atoms with van der Waals surface area (Å²) in [7, 11) is 0. The van der Waals surface area contributed by atoms with Crippen LogP contribution in [0.1, 0.15) is 70.6 Å². The zero-order valence-corrected chi connectivity index (χ0v) is 20.4. The van der Waals surface area contributed by atoms with E-state index in [4.69, 9.17) is 0 Å². The lowest BCUT2D eigenvalue weighted by atomic mass is 10.0. The van der Waals surface area contributed by atoms with Crippen molar-refractivity contribution in [1.82, 2.24) is 20.7 Å². The largest absolute Gasteiger partial charge is 0.369 e. The quantitative estimate of drug-likeness (QED) is 0.414. The number of aliphatic hydroxyl groups is 1. The molecule has 2 aromatic carbocycles. The van der Waals surface area contributed by atoms with Gasteiger partial charge in [0.05, 0.1) is 11.1 Å². The van der Waals surface area contributed by atoms with E-state index < -0.39 is 59.7 Å². The minimum atomic E-state index is -1.32. The molecular weight excluding hydrogens is 464 g/mol. The summed E-state index contributed by atoms with van der Waals surface area (Å²) in [6.07, 6.45) is -1.32. The maximum atomic E-state index is 13.2. The smallest absolute Gasteiger partial charge is 0.262 e. The maximum absolute atomic E-state index is 13.2. The van der Waals surface area contributed by atoms with Gasteiger partial charge in [-0.1, -0.05) is 58.0 Å². The number of hydrogen-bond donors (Lipinski definition) is 3. The SMILES string of the molecule is CC(C)C(C(=O)NNC(=O)C(C(C)C)N1C(=O)c2ccccc2C1O)N1C(=O)c2ccccc2C1=O. The van der Waals surface area contributed by atoms with E-state index in [1.807, 2.05) is 0 Å². The molecule has 2 aliphatic heterocycles. The highest BCUT2D eigenvalue weighted by Gasteiger charge is 2.46. The zero-order valence-electron chi connectivity index (χ0n) is 20.4. The van der Waals surface area contributed by atoms with Crippen molar-refractivity contribution < 1.29 is 29.1 Å². The Morgan fingerprint density at radius 1 is 0.722 bits per heavy atom. The highest BCUT2D eigenvalue weighted by Crippen LogP contribution is 2.35. The van der Waals surface area contributed by atoms with E-state index in [1.54, 1.807) is 64.1 Å². The molecule has 0 radical (unpaired) electrons. The zero-order chi connectivity index (χ0) is 26.3. The average molecular weight is 493 g/mol. The third-order valence-electron chi connectivity index (χ3n) is 6.48. The van der Waals surface area contributed by atoms with Crippen LogP contribution in [0.25, 0.3) is 0 Å². The standard InChI is InChI=1S/C26H28N4O6/c1-13(2)19(29-23(33)15-9-5-6-10-16(15)24(29)34)21(31)27-28-22(32)20(14(3)4)30-25(35)17-11-7-8-12-18(17)26(30)36/h5-14,19-20,23,33H,1-4H3,(H,27,31)(H,28,32). The number of nitrogens with one attached hydrogen (secondary N) is 2. The topological polar surface area (TPSA) is 136 Å². The van der Waals surface area contributed by atoms with Gasteiger partial charge in [0.2, 0.25) is 0 Å². The molecule has 3 N–H and O–H groups in total. The van der Waals surface area contributed by atoms with E-state index in [0.29, 0.717) is 11.1 Å². The molecule has 0 saturated heterocycles. The Balaban J connectivity index is 1.51. The van der Waals surface area contributed by atoms with Gasteiger partial charge in [0.1, 0.15) is 12.1 Å². The molecule has 3 atom stereocenters. The predicted molar refractivity (Wildman–Crippen MR) is 128 cm³/mol. The number of fused-ring (bicyclic) bond motifs is 2. The number of rotatable bonds is 6. The third kappa shape index (κ3) is 4.03. The van der Waals surface area contributed by atoms with Crippen LogP contribution in [0.2, 0.25) is 0 Å². The fourth-order valence-corrected chi connectivity index (χ4v) is 4.80. The lowest BCUT2D eigenvalue weighted by molar-refractivity contribution is -0.137. The van der Waals surface area contributed by atoms with Gasteiger partial charge in [-0.05, 0) is 30.0 Å². The Morgan fingerprint density at radius 2 is 1.17 bits per heavy atom. The molecule has 2 aliphatic rings. The number of imide groups is 1. The van der Waals surface area contributed by atoms with Crippen LogP contribution in [0.15, 0.2) is 48.5 Å². The highest BCUT2D eigenvalue weighted by atomic mass is 16.3. The fraction of sp³-hybridized carbons (Fsp3) is 0.346. The molecule has 5 amide bonds. The molecular formula is C26H28N4O6. The predicted octanol–water partition coefficient (Wildman–Crippen LogP) is 1.63. The van der Waals surface area contributed by atoms with Crippen LogP contribution >= 0.6 is 0 Å². The van der Waals surface area contributed by atoms with Crippen LogP contribution in [0.5, 0.6) is 0 Å². The molecule has 0 bridgehead atoms. The second kappa shape index (κ2) is 9.54. The van der Waals surface area contributed by atoms with Crippen molar-refractivity contribution in [1.29, 1.82) is 0 Å². The maximum Gasteiger partial charge on any atom is 0.262 e. The van der Waals surface area contributed by atoms with E-state index in [9.17, 15) is 29.1 Å². The number of nitrogens with zero attached hydrogens (tertiary/aromatic N) is 2. The number of carbonyl (C=O) groups excluding carboxylic acids is 5. The van der Waals surface area contributed by atoms with Gasteiger partial charge in [-0.2, -0.15) is 0 Å². The van der Waals surface area contributed by atoms with Crippen molar-refractivity contribution in [2.45, 2.75) is 46.0 Å². The van der Waals surface area contributed by atoms with Gasteiger partial charge in [-0.25, -0.2) is 0 Å². The number of amides is 5. The van der Waals surface area contributed by atoms with Gasteiger partial charge in [0, 0.05) is 11.1 Å². The van der Waals surface area contributed by atoms with Gasteiger partial charge in [-0.3, -0.25) is 44.6 Å². The van der Waals surface area contributed by atoms with Crippen molar-refractivity contribution in [3.63, 3.8) is 0 Å². The molecule has 0 aromatic heterocycles. The molecule has 0 spiro atoms. The van der Waals surface area contributed by atoms with Crippen molar-refractivity contribution in [2.75, 3.05) is 0 Å². The van der Waals surface area contributed by atoms with Crippen LogP contribution in [0, 0.1) is 11.8 Å². The van der Waals surface area contributed by atoms with Gasteiger partial charge in [0.15, 0.2) is 6.23 Å². The summed E-state index contributed by atoms with van der Waals surface area (Å²) in [6, 6.07) is 10.6. The summed E-state index contributed by atoms with van der Waals surface area (Å²) in [6.45, 7) is 6.79. The van der Waals surface area contributed by atoms with Crippen LogP contribution < -0.4 is 10.9 Å². The van der Waals surface area contributed by atoms with Crippen LogP contribution in [0.4, 0.5) is 0 Å². The second-order valence-electron chi connectivity index (χ2n) is 9.56. The summed E-state index contributed by atoms with van der Waals surface area (Å²) < 4.78 is 0. The Kier molecular flexibility index (Phi) is 6.64. The first-order chi connectivity index (χ1) is 17.1. The molecule has 188 valence electrons. The Morgan fingerprint density at radius 3 is 1.64 bits per heavy atom. The lowest BCUT2D eigenvalue weighted by Crippen LogP contribution is -2.59. The Hall–Kier alpha value is -4.05. The van der Waals surface area contributed by atoms with Crippen molar-refractivity contribution >= 4 is 29.5 Å². The molecule has 2 aromatic rings. The minimum absolute atomic E-state index is 0.214. The summed E-state index contributed by atoms with van der Waals surface area (Å²) in [5.41, 5.74) is 5.77. The molecule has 0 aliphatic carbocycles. The summed E-state index contributed by atoms with van der Waals surface area (Å²) in [4.78, 5) is 67.1. The average Bonchev–Trinajstić information content (AvgIpc) is 3.24. The number of carbonyl (C=O) groups is 5. The fourth-order valence-electron chi connectivity index (χ4n) is 4.80. The summed E-state index contributed by atoms with van der Waals surface area (Å²) in [5, 5.41) is 10.8. The van der Waals surface area contributed by atoms with Crippen LogP contribution in [-0.2, 0) is 9.59 Å². The molecule has 2 heterocycles. The normalized spacial score (nSPS) is 18.4. The first-order valence-electron chi connectivity index (χ1n) is 11.7. The lowest BCUT2D eigenvalue weighted by Gasteiger charge is -2.33. The number of hydrazine groups is 1. The van der Waals surface area contributed by atoms with Crippen molar-refractivity contribution in [3.05, 3.63) is 70.8 Å². The Labute approximate surface area is 208 Å². The first-order valence-corrected chi connectivity index (χ1v) is 11.7. The minimum Gasteiger partial charge on any atom is -0.369 e. The van der Waals surface area contributed by atoms with Crippen molar-refractivity contribution in [2.24, 2.45) is 11.8 Å². The summed E-state index contributed by atoms with van der Waals surface area (Å²) >= 11 is 0. The number of aliphatic hydroxyl groups excluding tert-OH is 1. The first kappa shape index (κ1) is 25.1. The number of benzene rings is 2. The van der Waals surface area contributed by atoms with Gasteiger partial charge >= 0.3 is 0 Å². The van der Waals surface area contributed by atoms with E-state index in [1.165, 1.54) is 12.1 Å². The van der Waals surface area contributed by atoms with Crippen LogP contribution in [0.3, 0.4) is 0 Å². The molecule has 0 saturated carbocycles. The van der Waals surface area contributed by atoms with Gasteiger partial charge in [-0.15, -0.1) is 0 Å². The highest BCUT2D eigenvalue weighted by molar-refractivity contribution is 6.22. The van der Waals surface area contributed by atoms with E-state index in [0.717, 1.165) is 9.80 Å². The summed E-state index contributed by atoms with van der Waals surface area (Å²) in [5.74, 6) is -4.01. The molecule has 3 unspecified atom stereocenters. The van der Waals surface area contributed by atoms with Gasteiger partial charge < -0.3 is 5.11 Å². The second-order valence-corrected chi connectivity index (χ2v) is 9.56. The molecule has 4 rings (SSSR count). The van der Waals surface area contributed by atoms with Crippen molar-refractivity contribution in [3.8, 4) is 0 Å². The molecule has 0 fully saturated rings. The van der Waals surface area contributed by atoms with Crippen LogP contribution in [-0.4, -0.2) is 56.5 Å². The molecule has 10 nitrogen and oxygen atoms in total. The van der Waals surface area contributed by atoms with Gasteiger partial charge in [0.25, 0.3) is 29.5 Å². The Bertz CT molecular complexity index is 1220. The monoisotopic (exact) mass is 492 g/mol. The molecule has 36 heavy (non-hydrogen) atoms. The third-order valence-corrected chi connectivity index (χ3v) is 6.48. The van der Waals surface area contributed by atoms with E-state index >= 15 is 0 Å².